The van der Waals surface area contributed by atoms with Gasteiger partial charge in [-0.15, -0.1) is 0 Å². The summed E-state index contributed by atoms with van der Waals surface area (Å²) in [5, 5.41) is 27.3. The van der Waals surface area contributed by atoms with Crippen LogP contribution in [0.2, 0.25) is 0 Å². The molecule has 1 heterocycles. The van der Waals surface area contributed by atoms with Crippen LogP contribution in [0.3, 0.4) is 0 Å². The van der Waals surface area contributed by atoms with Gasteiger partial charge in [0.25, 0.3) is 0 Å². The topological polar surface area (TPSA) is 102 Å². The van der Waals surface area contributed by atoms with Gasteiger partial charge < -0.3 is 15.1 Å². The number of carboxylic acid groups (broad SMARTS) is 2. The van der Waals surface area contributed by atoms with Crippen LogP contribution in [0.5, 0.6) is 0 Å². The lowest BCUT2D eigenvalue weighted by Gasteiger charge is -2.37. The second-order valence-electron chi connectivity index (χ2n) is 5.34. The van der Waals surface area contributed by atoms with Crippen LogP contribution in [0.15, 0.2) is 24.3 Å². The zero-order valence-electron chi connectivity index (χ0n) is 11.5. The summed E-state index contributed by atoms with van der Waals surface area (Å²) < 4.78 is 0. The zero-order valence-corrected chi connectivity index (χ0v) is 11.5. The maximum atomic E-state index is 11.7. The summed E-state index contributed by atoms with van der Waals surface area (Å²) in [4.78, 5) is 23.8. The Hall–Kier alpha value is -2.55. The summed E-state index contributed by atoms with van der Waals surface area (Å²) in [6, 6.07) is 8.86. The normalized spacial score (nSPS) is 17.0. The Morgan fingerprint density at radius 1 is 1.19 bits per heavy atom. The molecule has 0 radical (unpaired) electrons. The van der Waals surface area contributed by atoms with Gasteiger partial charge in [0.1, 0.15) is 0 Å². The van der Waals surface area contributed by atoms with E-state index in [0.717, 1.165) is 5.56 Å². The summed E-state index contributed by atoms with van der Waals surface area (Å²) in [6.07, 6.45) is -0.0579. The maximum absolute atomic E-state index is 11.7. The molecule has 2 rings (SSSR count). The third kappa shape index (κ3) is 3.14. The van der Waals surface area contributed by atoms with Gasteiger partial charge in [-0.2, -0.15) is 5.26 Å². The highest BCUT2D eigenvalue weighted by molar-refractivity contribution is 5.76. The molecule has 1 saturated heterocycles. The molecular weight excluding hydrogens is 272 g/mol. The van der Waals surface area contributed by atoms with Gasteiger partial charge in [0.15, 0.2) is 0 Å². The van der Waals surface area contributed by atoms with E-state index in [2.05, 4.69) is 0 Å². The van der Waals surface area contributed by atoms with E-state index in [0.29, 0.717) is 24.8 Å². The number of rotatable bonds is 3. The average molecular weight is 288 g/mol. The summed E-state index contributed by atoms with van der Waals surface area (Å²) in [5.41, 5.74) is 0.448. The standard InChI is InChI=1S/C15H16N2O4/c16-10-12-3-1-11(2-4-12)9-15(13(18)19)5-7-17(8-6-15)14(20)21/h1-4H,5-9H2,(H,18,19)(H,20,21). The highest BCUT2D eigenvalue weighted by Gasteiger charge is 2.42. The van der Waals surface area contributed by atoms with Gasteiger partial charge >= 0.3 is 12.1 Å². The molecule has 1 aliphatic rings. The van der Waals surface area contributed by atoms with E-state index in [4.69, 9.17) is 10.4 Å². The number of nitrogens with zero attached hydrogens (tertiary/aromatic N) is 2. The first kappa shape index (κ1) is 14.9. The summed E-state index contributed by atoms with van der Waals surface area (Å²) in [7, 11) is 0. The third-order valence-corrected chi connectivity index (χ3v) is 4.07. The van der Waals surface area contributed by atoms with E-state index in [9.17, 15) is 14.7 Å². The number of carbonyl (C=O) groups is 2. The molecule has 0 unspecified atom stereocenters. The Labute approximate surface area is 122 Å². The number of amides is 1. The van der Waals surface area contributed by atoms with Crippen LogP contribution in [0, 0.1) is 16.7 Å². The third-order valence-electron chi connectivity index (χ3n) is 4.07. The SMILES string of the molecule is N#Cc1ccc(CC2(C(=O)O)CCN(C(=O)O)CC2)cc1. The molecule has 110 valence electrons. The largest absolute Gasteiger partial charge is 0.481 e. The molecule has 1 aromatic carbocycles. The highest BCUT2D eigenvalue weighted by atomic mass is 16.4. The lowest BCUT2D eigenvalue weighted by molar-refractivity contribution is -0.151. The Kier molecular flexibility index (Phi) is 4.13. The fraction of sp³-hybridized carbons (Fsp3) is 0.400. The van der Waals surface area contributed by atoms with Crippen molar-refractivity contribution < 1.29 is 19.8 Å². The quantitative estimate of drug-likeness (QED) is 0.885. The van der Waals surface area contributed by atoms with Crippen molar-refractivity contribution >= 4 is 12.1 Å². The molecule has 21 heavy (non-hydrogen) atoms. The molecule has 1 fully saturated rings. The molecule has 1 aromatic rings. The molecule has 1 amide bonds. The number of nitriles is 1. The van der Waals surface area contributed by atoms with Crippen LogP contribution in [0.1, 0.15) is 24.0 Å². The molecule has 0 aliphatic carbocycles. The molecule has 0 aromatic heterocycles. The lowest BCUT2D eigenvalue weighted by Crippen LogP contribution is -2.47. The second kappa shape index (κ2) is 5.83. The van der Waals surface area contributed by atoms with Gasteiger partial charge in [-0.3, -0.25) is 4.79 Å². The first-order chi connectivity index (χ1) is 9.97. The van der Waals surface area contributed by atoms with Crippen molar-refractivity contribution in [3.63, 3.8) is 0 Å². The summed E-state index contributed by atoms with van der Waals surface area (Å²) in [6.45, 7) is 0.468. The maximum Gasteiger partial charge on any atom is 0.407 e. The molecule has 1 aliphatic heterocycles. The van der Waals surface area contributed by atoms with E-state index in [-0.39, 0.29) is 13.1 Å². The molecule has 6 heteroatoms. The average Bonchev–Trinajstić information content (AvgIpc) is 2.48. The molecule has 0 spiro atoms. The molecule has 2 N–H and O–H groups in total. The Bertz CT molecular complexity index is 581. The molecular formula is C15H16N2O4. The summed E-state index contributed by atoms with van der Waals surface area (Å²) in [5.74, 6) is -0.892. The van der Waals surface area contributed by atoms with Crippen molar-refractivity contribution in [1.82, 2.24) is 4.90 Å². The van der Waals surface area contributed by atoms with Crippen LogP contribution in [0.4, 0.5) is 4.79 Å². The zero-order chi connectivity index (χ0) is 15.5. The number of hydrogen-bond acceptors (Lipinski definition) is 3. The molecule has 0 saturated carbocycles. The predicted octanol–water partition coefficient (Wildman–Crippen LogP) is 1.95. The first-order valence-electron chi connectivity index (χ1n) is 6.67. The van der Waals surface area contributed by atoms with Crippen molar-refractivity contribution in [2.24, 2.45) is 5.41 Å². The highest BCUT2D eigenvalue weighted by Crippen LogP contribution is 2.35. The Balaban J connectivity index is 2.14. The van der Waals surface area contributed by atoms with Gasteiger partial charge in [0.2, 0.25) is 0 Å². The van der Waals surface area contributed by atoms with Crippen molar-refractivity contribution in [3.05, 3.63) is 35.4 Å². The van der Waals surface area contributed by atoms with E-state index in [1.807, 2.05) is 6.07 Å². The number of hydrogen-bond donors (Lipinski definition) is 2. The first-order valence-corrected chi connectivity index (χ1v) is 6.67. The van der Waals surface area contributed by atoms with Gasteiger partial charge in [-0.25, -0.2) is 4.79 Å². The Morgan fingerprint density at radius 2 is 1.76 bits per heavy atom. The van der Waals surface area contributed by atoms with E-state index in [1.54, 1.807) is 24.3 Å². The van der Waals surface area contributed by atoms with Crippen LogP contribution < -0.4 is 0 Å². The van der Waals surface area contributed by atoms with Crippen molar-refractivity contribution in [2.75, 3.05) is 13.1 Å². The van der Waals surface area contributed by atoms with Crippen LogP contribution in [0.25, 0.3) is 0 Å². The molecule has 0 bridgehead atoms. The minimum atomic E-state index is -1.01. The Morgan fingerprint density at radius 3 is 2.19 bits per heavy atom. The molecule has 0 atom stereocenters. The van der Waals surface area contributed by atoms with Crippen molar-refractivity contribution in [2.45, 2.75) is 19.3 Å². The minimum absolute atomic E-state index is 0.234. The van der Waals surface area contributed by atoms with Crippen LogP contribution >= 0.6 is 0 Å². The van der Waals surface area contributed by atoms with Gasteiger partial charge in [-0.05, 0) is 37.0 Å². The number of benzene rings is 1. The van der Waals surface area contributed by atoms with Gasteiger partial charge in [-0.1, -0.05) is 12.1 Å². The minimum Gasteiger partial charge on any atom is -0.481 e. The fourth-order valence-corrected chi connectivity index (χ4v) is 2.68. The van der Waals surface area contributed by atoms with E-state index in [1.165, 1.54) is 4.90 Å². The second-order valence-corrected chi connectivity index (χ2v) is 5.34. The van der Waals surface area contributed by atoms with Crippen LogP contribution in [-0.4, -0.2) is 40.3 Å². The van der Waals surface area contributed by atoms with Gasteiger partial charge in [0, 0.05) is 13.1 Å². The number of carboxylic acids is 1. The van der Waals surface area contributed by atoms with Crippen molar-refractivity contribution in [3.8, 4) is 6.07 Å². The number of aliphatic carboxylic acids is 1. The monoisotopic (exact) mass is 288 g/mol. The predicted molar refractivity (Wildman–Crippen MR) is 73.8 cm³/mol. The van der Waals surface area contributed by atoms with E-state index < -0.39 is 17.5 Å². The number of likely N-dealkylation sites (tertiary alicyclic amines) is 1. The smallest absolute Gasteiger partial charge is 0.407 e. The lowest BCUT2D eigenvalue weighted by atomic mass is 9.74. The molecule has 6 nitrogen and oxygen atoms in total. The van der Waals surface area contributed by atoms with Gasteiger partial charge in [0.05, 0.1) is 17.0 Å². The number of piperidine rings is 1. The van der Waals surface area contributed by atoms with Crippen LogP contribution in [-0.2, 0) is 11.2 Å². The fourth-order valence-electron chi connectivity index (χ4n) is 2.68. The van der Waals surface area contributed by atoms with Crippen molar-refractivity contribution in [1.29, 1.82) is 5.26 Å². The summed E-state index contributed by atoms with van der Waals surface area (Å²) >= 11 is 0. The van der Waals surface area contributed by atoms with E-state index >= 15 is 0 Å².